The van der Waals surface area contributed by atoms with E-state index in [1.165, 1.54) is 11.0 Å². The lowest BCUT2D eigenvalue weighted by atomic mass is 10.1. The van der Waals surface area contributed by atoms with Crippen LogP contribution in [0.3, 0.4) is 0 Å². The van der Waals surface area contributed by atoms with Gasteiger partial charge in [-0.3, -0.25) is 9.59 Å². The highest BCUT2D eigenvalue weighted by molar-refractivity contribution is 7.21. The quantitative estimate of drug-likeness (QED) is 0.498. The van der Waals surface area contributed by atoms with Gasteiger partial charge in [0.15, 0.2) is 6.61 Å². The monoisotopic (exact) mass is 457 g/mol. The minimum absolute atomic E-state index is 0.0701. The number of carbonyl (C=O) groups is 3. The van der Waals surface area contributed by atoms with E-state index in [0.29, 0.717) is 16.1 Å². The Morgan fingerprint density at radius 2 is 1.97 bits per heavy atom. The largest absolute Gasteiger partial charge is 0.482 e. The van der Waals surface area contributed by atoms with Crippen molar-refractivity contribution in [3.8, 4) is 5.75 Å². The summed E-state index contributed by atoms with van der Waals surface area (Å²) in [6.07, 6.45) is -0.0701. The van der Waals surface area contributed by atoms with Crippen LogP contribution in [-0.2, 0) is 25.7 Å². The predicted molar refractivity (Wildman–Crippen MR) is 116 cm³/mol. The van der Waals surface area contributed by atoms with Gasteiger partial charge in [0.2, 0.25) is 0 Å². The van der Waals surface area contributed by atoms with Gasteiger partial charge in [-0.25, -0.2) is 9.18 Å². The number of benzene rings is 2. The third-order valence-corrected chi connectivity index (χ3v) is 6.13. The molecule has 0 aliphatic carbocycles. The third-order valence-electron chi connectivity index (χ3n) is 4.95. The van der Waals surface area contributed by atoms with Crippen LogP contribution in [0.2, 0.25) is 0 Å². The van der Waals surface area contributed by atoms with E-state index < -0.39 is 17.8 Å². The van der Waals surface area contributed by atoms with Gasteiger partial charge >= 0.3 is 11.9 Å². The maximum atomic E-state index is 14.5. The molecular formula is C23H20FNO6S. The van der Waals surface area contributed by atoms with Gasteiger partial charge in [-0.15, -0.1) is 11.3 Å². The molecule has 32 heavy (non-hydrogen) atoms. The first-order valence-corrected chi connectivity index (χ1v) is 10.9. The lowest BCUT2D eigenvalue weighted by molar-refractivity contribution is -0.144. The van der Waals surface area contributed by atoms with Crippen LogP contribution >= 0.6 is 11.3 Å². The number of hydrogen-bond acceptors (Lipinski definition) is 7. The van der Waals surface area contributed by atoms with Gasteiger partial charge in [-0.05, 0) is 31.2 Å². The van der Waals surface area contributed by atoms with Crippen LogP contribution in [0.1, 0.15) is 28.6 Å². The molecule has 0 spiro atoms. The maximum Gasteiger partial charge on any atom is 0.348 e. The van der Waals surface area contributed by atoms with Crippen LogP contribution in [0, 0.1) is 5.82 Å². The fourth-order valence-electron chi connectivity index (χ4n) is 3.49. The van der Waals surface area contributed by atoms with Crippen molar-refractivity contribution in [2.24, 2.45) is 0 Å². The Hall–Kier alpha value is -3.46. The Morgan fingerprint density at radius 3 is 2.78 bits per heavy atom. The molecule has 9 heteroatoms. The number of para-hydroxylation sites is 2. The van der Waals surface area contributed by atoms with Crippen LogP contribution < -0.4 is 9.64 Å². The van der Waals surface area contributed by atoms with Gasteiger partial charge in [-0.1, -0.05) is 18.2 Å². The number of anilines is 1. The van der Waals surface area contributed by atoms with Crippen molar-refractivity contribution >= 4 is 45.0 Å². The number of halogens is 1. The van der Waals surface area contributed by atoms with Gasteiger partial charge < -0.3 is 19.1 Å². The van der Waals surface area contributed by atoms with Crippen LogP contribution in [0.5, 0.6) is 5.75 Å². The fourth-order valence-corrected chi connectivity index (χ4v) is 4.61. The molecule has 1 aliphatic rings. The van der Waals surface area contributed by atoms with E-state index in [0.717, 1.165) is 11.3 Å². The van der Waals surface area contributed by atoms with E-state index in [1.54, 1.807) is 43.3 Å². The van der Waals surface area contributed by atoms with Crippen molar-refractivity contribution < 1.29 is 33.0 Å². The number of hydrogen-bond donors (Lipinski definition) is 0. The number of rotatable bonds is 7. The topological polar surface area (TPSA) is 82.1 Å². The zero-order valence-corrected chi connectivity index (χ0v) is 18.1. The Morgan fingerprint density at radius 1 is 1.16 bits per heavy atom. The first-order valence-electron chi connectivity index (χ1n) is 10.0. The first kappa shape index (κ1) is 21.8. The minimum Gasteiger partial charge on any atom is -0.482 e. The molecule has 1 aliphatic heterocycles. The number of nitrogens with zero attached hydrogens (tertiary/aromatic N) is 1. The Kier molecular flexibility index (Phi) is 6.36. The normalized spacial score (nSPS) is 12.9. The molecule has 0 saturated carbocycles. The highest BCUT2D eigenvalue weighted by Gasteiger charge is 2.26. The Bertz CT molecular complexity index is 1190. The second-order valence-electron chi connectivity index (χ2n) is 6.96. The Balaban J connectivity index is 1.47. The van der Waals surface area contributed by atoms with Gasteiger partial charge in [0.25, 0.3) is 5.91 Å². The van der Waals surface area contributed by atoms with E-state index in [4.69, 9.17) is 14.2 Å². The third kappa shape index (κ3) is 4.29. The van der Waals surface area contributed by atoms with Crippen LogP contribution in [0.4, 0.5) is 10.1 Å². The summed E-state index contributed by atoms with van der Waals surface area (Å²) < 4.78 is 30.8. The van der Waals surface area contributed by atoms with Crippen LogP contribution in [0.15, 0.2) is 42.5 Å². The molecule has 0 atom stereocenters. The Labute approximate surface area is 187 Å². The number of thiophene rings is 1. The average molecular weight is 457 g/mol. The van der Waals surface area contributed by atoms with Gasteiger partial charge in [0.05, 0.1) is 18.7 Å². The smallest absolute Gasteiger partial charge is 0.348 e. The number of esters is 2. The molecule has 166 valence electrons. The molecule has 0 unspecified atom stereocenters. The van der Waals surface area contributed by atoms with Crippen molar-refractivity contribution in [1.29, 1.82) is 0 Å². The van der Waals surface area contributed by atoms with E-state index >= 15 is 0 Å². The molecule has 0 fully saturated rings. The molecular weight excluding hydrogens is 437 g/mol. The number of amides is 1. The van der Waals surface area contributed by atoms with Gasteiger partial charge in [-0.2, -0.15) is 0 Å². The second kappa shape index (κ2) is 9.35. The van der Waals surface area contributed by atoms with E-state index in [2.05, 4.69) is 0 Å². The molecule has 7 nitrogen and oxygen atoms in total. The van der Waals surface area contributed by atoms with E-state index in [9.17, 15) is 18.8 Å². The van der Waals surface area contributed by atoms with Crippen molar-refractivity contribution in [3.63, 3.8) is 0 Å². The van der Waals surface area contributed by atoms with E-state index in [1.807, 2.05) is 0 Å². The zero-order chi connectivity index (χ0) is 22.7. The fraction of sp³-hybridized carbons (Fsp3) is 0.261. The minimum atomic E-state index is -0.588. The number of fused-ring (bicyclic) bond motifs is 2. The highest BCUT2D eigenvalue weighted by Crippen LogP contribution is 2.35. The van der Waals surface area contributed by atoms with Crippen molar-refractivity contribution in [3.05, 3.63) is 58.7 Å². The summed E-state index contributed by atoms with van der Waals surface area (Å²) in [6.45, 7) is 1.58. The number of ether oxygens (including phenoxy) is 3. The van der Waals surface area contributed by atoms with Crippen molar-refractivity contribution in [1.82, 2.24) is 0 Å². The molecule has 1 amide bonds. The van der Waals surface area contributed by atoms with Crippen molar-refractivity contribution in [2.75, 3.05) is 24.7 Å². The summed E-state index contributed by atoms with van der Waals surface area (Å²) in [5, 5.41) is 0.241. The molecule has 2 heterocycles. The first-order chi connectivity index (χ1) is 15.5. The van der Waals surface area contributed by atoms with Gasteiger partial charge in [0, 0.05) is 22.2 Å². The van der Waals surface area contributed by atoms with Crippen molar-refractivity contribution in [2.45, 2.75) is 20.0 Å². The van der Waals surface area contributed by atoms with Crippen LogP contribution in [-0.4, -0.2) is 37.6 Å². The molecule has 0 N–H and O–H groups in total. The van der Waals surface area contributed by atoms with Crippen LogP contribution in [0.25, 0.3) is 10.1 Å². The zero-order valence-electron chi connectivity index (χ0n) is 17.3. The summed E-state index contributed by atoms with van der Waals surface area (Å²) in [4.78, 5) is 38.7. The number of carbonyl (C=O) groups excluding carboxylic acids is 3. The molecule has 0 radical (unpaired) electrons. The molecule has 1 aromatic heterocycles. The summed E-state index contributed by atoms with van der Waals surface area (Å²) in [5.41, 5.74) is 0.870. The maximum absolute atomic E-state index is 14.5. The average Bonchev–Trinajstić information content (AvgIpc) is 3.17. The molecule has 4 rings (SSSR count). The van der Waals surface area contributed by atoms with E-state index in [-0.39, 0.29) is 54.5 Å². The highest BCUT2D eigenvalue weighted by atomic mass is 32.1. The summed E-state index contributed by atoms with van der Waals surface area (Å²) in [6, 6.07) is 11.6. The van der Waals surface area contributed by atoms with Gasteiger partial charge in [0.1, 0.15) is 23.1 Å². The molecule has 0 bridgehead atoms. The lowest BCUT2D eigenvalue weighted by Crippen LogP contribution is -2.40. The molecule has 2 aromatic carbocycles. The predicted octanol–water partition coefficient (Wildman–Crippen LogP) is 4.08. The molecule has 0 saturated heterocycles. The lowest BCUT2D eigenvalue weighted by Gasteiger charge is -2.28. The summed E-state index contributed by atoms with van der Waals surface area (Å²) >= 11 is 1.09. The summed E-state index contributed by atoms with van der Waals surface area (Å²) in [5.74, 6) is -1.36. The second-order valence-corrected chi connectivity index (χ2v) is 8.01. The standard InChI is InChI=1S/C23H20FNO6S/c1-2-29-23(28)22-14(21-15(24)6-5-9-18(21)32-22)12-31-20(27)10-11-25-16-7-3-4-8-17(16)30-13-19(25)26/h3-9H,2,10-13H2,1H3. The SMILES string of the molecule is CCOC(=O)c1sc2cccc(F)c2c1COC(=O)CCN1C(=O)COc2ccccc21. The molecule has 3 aromatic rings. The summed E-state index contributed by atoms with van der Waals surface area (Å²) in [7, 11) is 0.